The number of thiophene rings is 1. The lowest BCUT2D eigenvalue weighted by Gasteiger charge is -2.36. The summed E-state index contributed by atoms with van der Waals surface area (Å²) in [7, 11) is 1.37. The second-order valence-corrected chi connectivity index (χ2v) is 9.85. The molecule has 0 radical (unpaired) electrons. The normalized spacial score (nSPS) is 19.8. The van der Waals surface area contributed by atoms with Crippen molar-refractivity contribution in [1.82, 2.24) is 5.32 Å². The molecule has 0 unspecified atom stereocenters. The van der Waals surface area contributed by atoms with Gasteiger partial charge in [-0.3, -0.25) is 4.79 Å². The molecule has 0 saturated carbocycles. The highest BCUT2D eigenvalue weighted by Gasteiger charge is 2.41. The lowest BCUT2D eigenvalue weighted by atomic mass is 9.72. The van der Waals surface area contributed by atoms with E-state index >= 15 is 0 Å². The standard InChI is InChI=1S/C29H27NO4S/c1-18-26(29(32)33-2)27(20-10-12-22(13-11-20)34-17-19-7-4-3-5-8-19)28-23(30-18)15-21(16-24(28)31)25-9-6-14-35-25/h3-14,21,27,30H,15-17H2,1-2H3/t21-,27+/m0/s1. The fourth-order valence-electron chi connectivity index (χ4n) is 4.98. The van der Waals surface area contributed by atoms with E-state index in [1.165, 1.54) is 12.0 Å². The molecule has 1 aromatic heterocycles. The average Bonchev–Trinajstić information content (AvgIpc) is 3.42. The number of benzene rings is 2. The summed E-state index contributed by atoms with van der Waals surface area (Å²) in [4.78, 5) is 27.6. The quantitative estimate of drug-likeness (QED) is 0.443. The van der Waals surface area contributed by atoms with Crippen molar-refractivity contribution in [2.45, 2.75) is 38.2 Å². The largest absolute Gasteiger partial charge is 0.489 e. The zero-order valence-corrected chi connectivity index (χ0v) is 20.6. The van der Waals surface area contributed by atoms with E-state index < -0.39 is 11.9 Å². The van der Waals surface area contributed by atoms with Gasteiger partial charge in [-0.2, -0.15) is 0 Å². The number of esters is 1. The van der Waals surface area contributed by atoms with E-state index in [1.54, 1.807) is 11.3 Å². The molecule has 0 fully saturated rings. The first kappa shape index (κ1) is 23.1. The first-order valence-corrected chi connectivity index (χ1v) is 12.6. The van der Waals surface area contributed by atoms with Crippen molar-refractivity contribution in [2.75, 3.05) is 7.11 Å². The molecule has 1 aliphatic heterocycles. The van der Waals surface area contributed by atoms with Crippen LogP contribution >= 0.6 is 11.3 Å². The highest BCUT2D eigenvalue weighted by Crippen LogP contribution is 2.46. The second kappa shape index (κ2) is 9.92. The third-order valence-corrected chi connectivity index (χ3v) is 7.68. The van der Waals surface area contributed by atoms with Crippen LogP contribution in [0, 0.1) is 0 Å². The molecule has 0 bridgehead atoms. The zero-order chi connectivity index (χ0) is 24.4. The number of hydrogen-bond acceptors (Lipinski definition) is 6. The molecule has 0 saturated heterocycles. The molecule has 35 heavy (non-hydrogen) atoms. The Morgan fingerprint density at radius 1 is 1.03 bits per heavy atom. The SMILES string of the molecule is COC(=O)C1=C(C)NC2=C(C(=O)C[C@@H](c3cccs3)C2)[C@@H]1c1ccc(OCc2ccccc2)cc1. The first-order chi connectivity index (χ1) is 17.0. The minimum atomic E-state index is -0.473. The minimum absolute atomic E-state index is 0.0699. The van der Waals surface area contributed by atoms with Crippen molar-refractivity contribution < 1.29 is 19.1 Å². The summed E-state index contributed by atoms with van der Waals surface area (Å²) in [6.07, 6.45) is 1.17. The molecule has 1 N–H and O–H groups in total. The number of ketones is 1. The Labute approximate surface area is 209 Å². The molecule has 0 spiro atoms. The topological polar surface area (TPSA) is 64.6 Å². The molecule has 0 amide bonds. The number of methoxy groups -OCH3 is 1. The van der Waals surface area contributed by atoms with Gasteiger partial charge in [0.25, 0.3) is 0 Å². The van der Waals surface area contributed by atoms with Crippen molar-refractivity contribution in [3.05, 3.63) is 111 Å². The smallest absolute Gasteiger partial charge is 0.336 e. The van der Waals surface area contributed by atoms with Crippen LogP contribution in [0.2, 0.25) is 0 Å². The molecule has 2 aliphatic rings. The third-order valence-electron chi connectivity index (χ3n) is 6.64. The third kappa shape index (κ3) is 4.66. The highest BCUT2D eigenvalue weighted by atomic mass is 32.1. The predicted molar refractivity (Wildman–Crippen MR) is 136 cm³/mol. The van der Waals surface area contributed by atoms with Crippen molar-refractivity contribution in [2.24, 2.45) is 0 Å². The Morgan fingerprint density at radius 2 is 1.80 bits per heavy atom. The number of Topliss-reactive ketones (excluding diaryl/α,β-unsaturated/α-hetero) is 1. The number of rotatable bonds is 6. The maximum atomic E-state index is 13.5. The summed E-state index contributed by atoms with van der Waals surface area (Å²) in [5.41, 5.74) is 4.73. The van der Waals surface area contributed by atoms with Gasteiger partial charge in [-0.1, -0.05) is 48.5 Å². The van der Waals surface area contributed by atoms with Crippen molar-refractivity contribution in [1.29, 1.82) is 0 Å². The van der Waals surface area contributed by atoms with E-state index in [1.807, 2.05) is 73.0 Å². The summed E-state index contributed by atoms with van der Waals surface area (Å²) >= 11 is 1.68. The van der Waals surface area contributed by atoms with Crippen molar-refractivity contribution >= 4 is 23.1 Å². The monoisotopic (exact) mass is 485 g/mol. The van der Waals surface area contributed by atoms with Gasteiger partial charge in [0.05, 0.1) is 12.7 Å². The van der Waals surface area contributed by atoms with Gasteiger partial charge in [0.15, 0.2) is 5.78 Å². The minimum Gasteiger partial charge on any atom is -0.489 e. The number of carbonyl (C=O) groups excluding carboxylic acids is 2. The maximum Gasteiger partial charge on any atom is 0.336 e. The molecule has 178 valence electrons. The molecule has 2 aromatic carbocycles. The van der Waals surface area contributed by atoms with Crippen LogP contribution in [0.15, 0.2) is 94.7 Å². The fourth-order valence-corrected chi connectivity index (χ4v) is 5.81. The Balaban J connectivity index is 1.47. The first-order valence-electron chi connectivity index (χ1n) is 11.7. The van der Waals surface area contributed by atoms with Crippen LogP contribution in [-0.4, -0.2) is 18.9 Å². The molecule has 2 heterocycles. The number of hydrogen-bond donors (Lipinski definition) is 1. The Bertz CT molecular complexity index is 1290. The van der Waals surface area contributed by atoms with Crippen LogP contribution in [0.25, 0.3) is 0 Å². The summed E-state index contributed by atoms with van der Waals surface area (Å²) < 4.78 is 11.1. The Morgan fingerprint density at radius 3 is 2.49 bits per heavy atom. The van der Waals surface area contributed by atoms with E-state index in [4.69, 9.17) is 9.47 Å². The van der Waals surface area contributed by atoms with Crippen LogP contribution in [0.5, 0.6) is 5.75 Å². The number of nitrogens with one attached hydrogen (secondary N) is 1. The number of carbonyl (C=O) groups is 2. The number of dihydropyridines is 1. The fraction of sp³-hybridized carbons (Fsp3) is 0.241. The highest BCUT2D eigenvalue weighted by molar-refractivity contribution is 7.10. The van der Waals surface area contributed by atoms with Gasteiger partial charge in [-0.15, -0.1) is 11.3 Å². The molecular weight excluding hydrogens is 458 g/mol. The van der Waals surface area contributed by atoms with E-state index in [2.05, 4.69) is 11.4 Å². The van der Waals surface area contributed by atoms with Gasteiger partial charge in [-0.25, -0.2) is 4.79 Å². The van der Waals surface area contributed by atoms with Crippen LogP contribution in [0.4, 0.5) is 0 Å². The molecule has 1 aliphatic carbocycles. The van der Waals surface area contributed by atoms with Crippen LogP contribution in [0.1, 0.15) is 47.6 Å². The maximum absolute atomic E-state index is 13.5. The summed E-state index contributed by atoms with van der Waals surface area (Å²) in [5, 5.41) is 5.42. The molecular formula is C29H27NO4S. The predicted octanol–water partition coefficient (Wildman–Crippen LogP) is 5.86. The van der Waals surface area contributed by atoms with Gasteiger partial charge in [-0.05, 0) is 48.1 Å². The molecule has 2 atom stereocenters. The zero-order valence-electron chi connectivity index (χ0n) is 19.7. The lowest BCUT2D eigenvalue weighted by Crippen LogP contribution is -2.35. The van der Waals surface area contributed by atoms with E-state index in [0.717, 1.165) is 34.7 Å². The van der Waals surface area contributed by atoms with Gasteiger partial charge in [0, 0.05) is 40.1 Å². The molecule has 5 nitrogen and oxygen atoms in total. The number of ether oxygens (including phenoxy) is 2. The van der Waals surface area contributed by atoms with Gasteiger partial charge in [0.2, 0.25) is 0 Å². The van der Waals surface area contributed by atoms with Crippen molar-refractivity contribution in [3.8, 4) is 5.75 Å². The number of allylic oxidation sites excluding steroid dienone is 3. The second-order valence-electron chi connectivity index (χ2n) is 8.87. The summed E-state index contributed by atoms with van der Waals surface area (Å²) in [5.74, 6) is 0.0488. The average molecular weight is 486 g/mol. The Kier molecular flexibility index (Phi) is 6.55. The van der Waals surface area contributed by atoms with Gasteiger partial charge < -0.3 is 14.8 Å². The van der Waals surface area contributed by atoms with E-state index in [0.29, 0.717) is 24.2 Å². The van der Waals surface area contributed by atoms with Crippen LogP contribution in [-0.2, 0) is 20.9 Å². The summed E-state index contributed by atoms with van der Waals surface area (Å²) in [6, 6.07) is 21.8. The molecule has 3 aromatic rings. The van der Waals surface area contributed by atoms with E-state index in [9.17, 15) is 9.59 Å². The summed E-state index contributed by atoms with van der Waals surface area (Å²) in [6.45, 7) is 2.34. The van der Waals surface area contributed by atoms with Crippen LogP contribution < -0.4 is 10.1 Å². The Hall–Kier alpha value is -3.64. The molecule has 6 heteroatoms. The van der Waals surface area contributed by atoms with Crippen LogP contribution in [0.3, 0.4) is 0 Å². The lowest BCUT2D eigenvalue weighted by molar-refractivity contribution is -0.136. The van der Waals surface area contributed by atoms with Gasteiger partial charge >= 0.3 is 5.97 Å². The van der Waals surface area contributed by atoms with Gasteiger partial charge in [0.1, 0.15) is 12.4 Å². The molecule has 5 rings (SSSR count). The van der Waals surface area contributed by atoms with Crippen molar-refractivity contribution in [3.63, 3.8) is 0 Å². The van der Waals surface area contributed by atoms with E-state index in [-0.39, 0.29) is 11.7 Å².